The number of rotatable bonds is 4. The minimum atomic E-state index is -0.706. The van der Waals surface area contributed by atoms with E-state index in [9.17, 15) is 9.90 Å². The Balaban J connectivity index is 1.88. The van der Waals surface area contributed by atoms with Gasteiger partial charge >= 0.3 is 5.97 Å². The molecule has 0 amide bonds. The molecule has 0 saturated heterocycles. The van der Waals surface area contributed by atoms with E-state index in [1.54, 1.807) is 0 Å². The van der Waals surface area contributed by atoms with E-state index in [1.165, 1.54) is 6.42 Å². The van der Waals surface area contributed by atoms with Crippen LogP contribution in [0.3, 0.4) is 0 Å². The van der Waals surface area contributed by atoms with E-state index in [1.807, 2.05) is 19.1 Å². The summed E-state index contributed by atoms with van der Waals surface area (Å²) < 4.78 is 0. The highest BCUT2D eigenvalue weighted by atomic mass is 16.4. The normalized spacial score (nSPS) is 18.0. The molecular formula is C16H21N3O2. The molecule has 2 aromatic heterocycles. The molecule has 0 atom stereocenters. The van der Waals surface area contributed by atoms with Crippen molar-refractivity contribution in [2.24, 2.45) is 5.41 Å². The lowest BCUT2D eigenvalue weighted by Gasteiger charge is -2.35. The second-order valence-corrected chi connectivity index (χ2v) is 6.32. The fourth-order valence-electron chi connectivity index (χ4n) is 3.51. The van der Waals surface area contributed by atoms with Crippen LogP contribution in [0.25, 0.3) is 11.2 Å². The molecule has 0 radical (unpaired) electrons. The number of aromatic nitrogens is 3. The molecule has 2 heterocycles. The molecule has 0 aliphatic heterocycles. The van der Waals surface area contributed by atoms with E-state index in [0.717, 1.165) is 48.4 Å². The third-order valence-electron chi connectivity index (χ3n) is 4.52. The number of carbonyl (C=O) groups is 1. The van der Waals surface area contributed by atoms with Gasteiger partial charge in [0.25, 0.3) is 0 Å². The molecule has 112 valence electrons. The summed E-state index contributed by atoms with van der Waals surface area (Å²) in [5.74, 6) is 0.160. The van der Waals surface area contributed by atoms with Gasteiger partial charge in [-0.25, -0.2) is 9.97 Å². The third-order valence-corrected chi connectivity index (χ3v) is 4.52. The van der Waals surface area contributed by atoms with Crippen molar-refractivity contribution in [3.63, 3.8) is 0 Å². The minimum absolute atomic E-state index is 0.146. The van der Waals surface area contributed by atoms with Crippen LogP contribution in [0.2, 0.25) is 0 Å². The van der Waals surface area contributed by atoms with Crippen molar-refractivity contribution in [3.8, 4) is 0 Å². The van der Waals surface area contributed by atoms with Gasteiger partial charge in [0, 0.05) is 12.1 Å². The standard InChI is InChI=1S/C16H21N3O2/c1-11-5-6-12-15(17-11)19-13(18-12)9-16(10-14(20)21)7-3-2-4-8-16/h5-6H,2-4,7-10H2,1H3,(H,20,21)(H,17,18,19). The number of nitrogens with one attached hydrogen (secondary N) is 1. The van der Waals surface area contributed by atoms with E-state index >= 15 is 0 Å². The van der Waals surface area contributed by atoms with Crippen LogP contribution in [0, 0.1) is 12.3 Å². The van der Waals surface area contributed by atoms with E-state index in [0.29, 0.717) is 6.42 Å². The maximum Gasteiger partial charge on any atom is 0.303 e. The summed E-state index contributed by atoms with van der Waals surface area (Å²) in [6.45, 7) is 1.95. The molecule has 0 aromatic carbocycles. The van der Waals surface area contributed by atoms with Crippen LogP contribution in [0.5, 0.6) is 0 Å². The quantitative estimate of drug-likeness (QED) is 0.904. The molecule has 0 unspecified atom stereocenters. The number of hydrogen-bond acceptors (Lipinski definition) is 3. The largest absolute Gasteiger partial charge is 0.481 e. The highest BCUT2D eigenvalue weighted by molar-refractivity contribution is 5.71. The maximum absolute atomic E-state index is 11.2. The topological polar surface area (TPSA) is 78.9 Å². The highest BCUT2D eigenvalue weighted by Gasteiger charge is 2.35. The van der Waals surface area contributed by atoms with Crippen molar-refractivity contribution >= 4 is 17.1 Å². The van der Waals surface area contributed by atoms with Crippen LogP contribution in [-0.4, -0.2) is 26.0 Å². The van der Waals surface area contributed by atoms with Crippen LogP contribution in [-0.2, 0) is 11.2 Å². The van der Waals surface area contributed by atoms with Gasteiger partial charge in [0.2, 0.25) is 0 Å². The van der Waals surface area contributed by atoms with Crippen molar-refractivity contribution < 1.29 is 9.90 Å². The van der Waals surface area contributed by atoms with Crippen LogP contribution >= 0.6 is 0 Å². The van der Waals surface area contributed by atoms with E-state index in [-0.39, 0.29) is 11.8 Å². The summed E-state index contributed by atoms with van der Waals surface area (Å²) in [7, 11) is 0. The number of pyridine rings is 1. The lowest BCUT2D eigenvalue weighted by Crippen LogP contribution is -2.30. The zero-order chi connectivity index (χ0) is 14.9. The molecular weight excluding hydrogens is 266 g/mol. The third kappa shape index (κ3) is 3.06. The first-order valence-electron chi connectivity index (χ1n) is 7.60. The first kappa shape index (κ1) is 14.0. The number of nitrogens with zero attached hydrogens (tertiary/aromatic N) is 2. The molecule has 5 heteroatoms. The molecule has 2 aromatic rings. The monoisotopic (exact) mass is 287 g/mol. The van der Waals surface area contributed by atoms with Gasteiger partial charge in [-0.3, -0.25) is 4.79 Å². The van der Waals surface area contributed by atoms with Crippen molar-refractivity contribution in [3.05, 3.63) is 23.7 Å². The summed E-state index contributed by atoms with van der Waals surface area (Å²) in [6.07, 6.45) is 6.33. The Morgan fingerprint density at radius 2 is 2.05 bits per heavy atom. The zero-order valence-electron chi connectivity index (χ0n) is 12.4. The maximum atomic E-state index is 11.2. The number of imidazole rings is 1. The molecule has 1 aliphatic carbocycles. The van der Waals surface area contributed by atoms with Gasteiger partial charge in [0.05, 0.1) is 11.9 Å². The van der Waals surface area contributed by atoms with Gasteiger partial charge < -0.3 is 10.1 Å². The second kappa shape index (κ2) is 5.47. The molecule has 21 heavy (non-hydrogen) atoms. The molecule has 5 nitrogen and oxygen atoms in total. The Morgan fingerprint density at radius 1 is 1.29 bits per heavy atom. The Hall–Kier alpha value is -1.91. The Morgan fingerprint density at radius 3 is 2.76 bits per heavy atom. The van der Waals surface area contributed by atoms with Crippen molar-refractivity contribution in [1.82, 2.24) is 15.0 Å². The Kier molecular flexibility index (Phi) is 3.66. The molecule has 1 saturated carbocycles. The van der Waals surface area contributed by atoms with Crippen molar-refractivity contribution in [2.75, 3.05) is 0 Å². The Labute approximate surface area is 123 Å². The lowest BCUT2D eigenvalue weighted by molar-refractivity contribution is -0.140. The van der Waals surface area contributed by atoms with E-state index < -0.39 is 5.97 Å². The minimum Gasteiger partial charge on any atom is -0.481 e. The molecule has 0 spiro atoms. The number of H-pyrrole nitrogens is 1. The average Bonchev–Trinajstić information content (AvgIpc) is 2.79. The van der Waals surface area contributed by atoms with E-state index in [2.05, 4.69) is 15.0 Å². The number of fused-ring (bicyclic) bond motifs is 1. The number of carboxylic acids is 1. The predicted octanol–water partition coefficient (Wildman–Crippen LogP) is 3.23. The fourth-order valence-corrected chi connectivity index (χ4v) is 3.51. The van der Waals surface area contributed by atoms with Crippen LogP contribution in [0.4, 0.5) is 0 Å². The highest BCUT2D eigenvalue weighted by Crippen LogP contribution is 2.41. The lowest BCUT2D eigenvalue weighted by atomic mass is 9.69. The smallest absolute Gasteiger partial charge is 0.303 e. The number of aryl methyl sites for hydroxylation is 1. The first-order chi connectivity index (χ1) is 10.1. The molecule has 1 aliphatic rings. The molecule has 0 bridgehead atoms. The summed E-state index contributed by atoms with van der Waals surface area (Å²) in [4.78, 5) is 23.5. The van der Waals surface area contributed by atoms with Crippen LogP contribution < -0.4 is 0 Å². The van der Waals surface area contributed by atoms with Gasteiger partial charge in [-0.05, 0) is 37.3 Å². The number of aromatic amines is 1. The van der Waals surface area contributed by atoms with Crippen LogP contribution in [0.15, 0.2) is 12.1 Å². The molecule has 3 rings (SSSR count). The van der Waals surface area contributed by atoms with Gasteiger partial charge in [-0.1, -0.05) is 19.3 Å². The van der Waals surface area contributed by atoms with Gasteiger partial charge in [-0.2, -0.15) is 0 Å². The number of hydrogen-bond donors (Lipinski definition) is 2. The average molecular weight is 287 g/mol. The summed E-state index contributed by atoms with van der Waals surface area (Å²) in [5, 5.41) is 9.24. The second-order valence-electron chi connectivity index (χ2n) is 6.32. The van der Waals surface area contributed by atoms with Crippen molar-refractivity contribution in [2.45, 2.75) is 51.9 Å². The van der Waals surface area contributed by atoms with Crippen molar-refractivity contribution in [1.29, 1.82) is 0 Å². The summed E-state index contributed by atoms with van der Waals surface area (Å²) in [6, 6.07) is 3.94. The summed E-state index contributed by atoms with van der Waals surface area (Å²) in [5.41, 5.74) is 2.45. The van der Waals surface area contributed by atoms with Crippen LogP contribution in [0.1, 0.15) is 50.0 Å². The molecule has 2 N–H and O–H groups in total. The molecule has 1 fully saturated rings. The van der Waals surface area contributed by atoms with Gasteiger partial charge in [0.15, 0.2) is 5.65 Å². The Bertz CT molecular complexity index is 657. The van der Waals surface area contributed by atoms with Gasteiger partial charge in [-0.15, -0.1) is 0 Å². The zero-order valence-corrected chi connectivity index (χ0v) is 12.4. The SMILES string of the molecule is Cc1ccc2[nH]c(CC3(CC(=O)O)CCCCC3)nc2n1. The first-order valence-corrected chi connectivity index (χ1v) is 7.60. The number of aliphatic carboxylic acids is 1. The van der Waals surface area contributed by atoms with E-state index in [4.69, 9.17) is 0 Å². The predicted molar refractivity (Wildman–Crippen MR) is 80.1 cm³/mol. The summed E-state index contributed by atoms with van der Waals surface area (Å²) >= 11 is 0. The fraction of sp³-hybridized carbons (Fsp3) is 0.562. The number of carboxylic acid groups (broad SMARTS) is 1. The van der Waals surface area contributed by atoms with Gasteiger partial charge in [0.1, 0.15) is 5.82 Å².